The molecule has 0 amide bonds. The van der Waals surface area contributed by atoms with Gasteiger partial charge in [-0.3, -0.25) is 0 Å². The van der Waals surface area contributed by atoms with Crippen LogP contribution in [0.5, 0.6) is 5.75 Å². The minimum Gasteiger partial charge on any atom is -0.489 e. The molecule has 134 valence electrons. The number of benzene rings is 2. The van der Waals surface area contributed by atoms with Crippen molar-refractivity contribution >= 4 is 18.0 Å². The molecule has 1 aliphatic rings. The number of carbonyl (C=O) groups excluding carboxylic acids is 2. The molecular formula is C21H20O5. The van der Waals surface area contributed by atoms with Gasteiger partial charge in [-0.15, -0.1) is 0 Å². The van der Waals surface area contributed by atoms with Gasteiger partial charge >= 0.3 is 11.9 Å². The number of esters is 2. The lowest BCUT2D eigenvalue weighted by atomic mass is 10.1. The molecule has 0 saturated carbocycles. The largest absolute Gasteiger partial charge is 0.489 e. The standard InChI is InChI=1S/C21H20O5/c1-14-11-16(12-17-19(22)25-21(2,3)26-20(17)23)9-10-18(14)24-13-15-7-5-4-6-8-15/h4-12H,13H2,1-3H3. The van der Waals surface area contributed by atoms with E-state index in [9.17, 15) is 9.59 Å². The van der Waals surface area contributed by atoms with Crippen molar-refractivity contribution in [2.75, 3.05) is 0 Å². The van der Waals surface area contributed by atoms with Crippen LogP contribution in [0.25, 0.3) is 6.08 Å². The van der Waals surface area contributed by atoms with Crippen molar-refractivity contribution in [2.45, 2.75) is 33.2 Å². The summed E-state index contributed by atoms with van der Waals surface area (Å²) in [5, 5.41) is 0. The smallest absolute Gasteiger partial charge is 0.348 e. The molecule has 0 unspecified atom stereocenters. The second kappa shape index (κ2) is 7.04. The molecule has 1 heterocycles. The first-order valence-corrected chi connectivity index (χ1v) is 8.30. The summed E-state index contributed by atoms with van der Waals surface area (Å²) in [5.41, 5.74) is 2.54. The number of rotatable bonds is 4. The van der Waals surface area contributed by atoms with Crippen LogP contribution in [-0.4, -0.2) is 17.7 Å². The first-order chi connectivity index (χ1) is 12.3. The lowest BCUT2D eigenvalue weighted by Crippen LogP contribution is -2.41. The van der Waals surface area contributed by atoms with E-state index < -0.39 is 17.7 Å². The molecule has 0 radical (unpaired) electrons. The normalized spacial score (nSPS) is 15.9. The molecule has 0 aromatic heterocycles. The molecule has 1 aliphatic heterocycles. The van der Waals surface area contributed by atoms with E-state index in [4.69, 9.17) is 14.2 Å². The van der Waals surface area contributed by atoms with E-state index in [1.165, 1.54) is 19.9 Å². The summed E-state index contributed by atoms with van der Waals surface area (Å²) >= 11 is 0. The lowest BCUT2D eigenvalue weighted by Gasteiger charge is -2.29. The number of hydrogen-bond acceptors (Lipinski definition) is 5. The SMILES string of the molecule is Cc1cc(C=C2C(=O)OC(C)(C)OC2=O)ccc1OCc1ccccc1. The third kappa shape index (κ3) is 4.11. The molecule has 0 N–H and O–H groups in total. The fourth-order valence-corrected chi connectivity index (χ4v) is 2.60. The Morgan fingerprint density at radius 3 is 2.27 bits per heavy atom. The van der Waals surface area contributed by atoms with E-state index in [1.807, 2.05) is 49.4 Å². The molecule has 0 spiro atoms. The summed E-state index contributed by atoms with van der Waals surface area (Å²) in [5.74, 6) is -1.87. The summed E-state index contributed by atoms with van der Waals surface area (Å²) in [6.07, 6.45) is 1.47. The third-order valence-corrected chi connectivity index (χ3v) is 3.86. The quantitative estimate of drug-likeness (QED) is 0.476. The van der Waals surface area contributed by atoms with Crippen LogP contribution >= 0.6 is 0 Å². The zero-order valence-electron chi connectivity index (χ0n) is 14.9. The molecule has 0 aliphatic carbocycles. The number of hydrogen-bond donors (Lipinski definition) is 0. The van der Waals surface area contributed by atoms with Crippen LogP contribution < -0.4 is 4.74 Å². The van der Waals surface area contributed by atoms with Crippen LogP contribution in [0, 0.1) is 6.92 Å². The van der Waals surface area contributed by atoms with Crippen LogP contribution in [0.4, 0.5) is 0 Å². The minimum absolute atomic E-state index is 0.123. The van der Waals surface area contributed by atoms with Crippen molar-refractivity contribution in [2.24, 2.45) is 0 Å². The number of cyclic esters (lactones) is 2. The van der Waals surface area contributed by atoms with Crippen molar-refractivity contribution < 1.29 is 23.8 Å². The number of carbonyl (C=O) groups is 2. The Balaban J connectivity index is 1.75. The molecule has 5 nitrogen and oxygen atoms in total. The topological polar surface area (TPSA) is 61.8 Å². The van der Waals surface area contributed by atoms with Gasteiger partial charge in [0.25, 0.3) is 5.79 Å². The molecule has 2 aromatic rings. The van der Waals surface area contributed by atoms with Crippen LogP contribution in [0.15, 0.2) is 54.1 Å². The van der Waals surface area contributed by atoms with Crippen molar-refractivity contribution in [3.05, 3.63) is 70.8 Å². The minimum atomic E-state index is -1.24. The molecule has 0 bridgehead atoms. The lowest BCUT2D eigenvalue weighted by molar-refractivity contribution is -0.222. The Hall–Kier alpha value is -3.08. The van der Waals surface area contributed by atoms with Crippen molar-refractivity contribution in [3.8, 4) is 5.75 Å². The van der Waals surface area contributed by atoms with Gasteiger partial charge in [-0.25, -0.2) is 9.59 Å². The highest BCUT2D eigenvalue weighted by molar-refractivity contribution is 6.18. The van der Waals surface area contributed by atoms with Gasteiger partial charge in [0, 0.05) is 13.8 Å². The van der Waals surface area contributed by atoms with Gasteiger partial charge in [0.1, 0.15) is 17.9 Å². The molecule has 1 saturated heterocycles. The second-order valence-corrected chi connectivity index (χ2v) is 6.54. The predicted molar refractivity (Wildman–Crippen MR) is 96.2 cm³/mol. The van der Waals surface area contributed by atoms with Crippen LogP contribution in [-0.2, 0) is 25.7 Å². The van der Waals surface area contributed by atoms with E-state index >= 15 is 0 Å². The van der Waals surface area contributed by atoms with Crippen LogP contribution in [0.1, 0.15) is 30.5 Å². The second-order valence-electron chi connectivity index (χ2n) is 6.54. The van der Waals surface area contributed by atoms with E-state index in [-0.39, 0.29) is 5.57 Å². The Labute approximate surface area is 152 Å². The average molecular weight is 352 g/mol. The first kappa shape index (κ1) is 17.7. The van der Waals surface area contributed by atoms with Crippen molar-refractivity contribution in [1.82, 2.24) is 0 Å². The Kier molecular flexibility index (Phi) is 4.80. The van der Waals surface area contributed by atoms with Gasteiger partial charge in [-0.05, 0) is 41.8 Å². The highest BCUT2D eigenvalue weighted by atomic mass is 16.7. The van der Waals surface area contributed by atoms with Gasteiger partial charge in [0.2, 0.25) is 0 Å². The van der Waals surface area contributed by atoms with Gasteiger partial charge in [-0.1, -0.05) is 36.4 Å². The van der Waals surface area contributed by atoms with E-state index in [1.54, 1.807) is 6.07 Å². The maximum Gasteiger partial charge on any atom is 0.348 e. The summed E-state index contributed by atoms with van der Waals surface area (Å²) < 4.78 is 16.0. The summed E-state index contributed by atoms with van der Waals surface area (Å²) in [6, 6.07) is 15.3. The molecule has 26 heavy (non-hydrogen) atoms. The van der Waals surface area contributed by atoms with Crippen LogP contribution in [0.2, 0.25) is 0 Å². The van der Waals surface area contributed by atoms with E-state index in [0.717, 1.165) is 16.9 Å². The first-order valence-electron chi connectivity index (χ1n) is 8.30. The highest BCUT2D eigenvalue weighted by Crippen LogP contribution is 2.26. The summed E-state index contributed by atoms with van der Waals surface area (Å²) in [6.45, 7) is 5.41. The summed E-state index contributed by atoms with van der Waals surface area (Å²) in [7, 11) is 0. The molecule has 1 fully saturated rings. The average Bonchev–Trinajstić information content (AvgIpc) is 2.57. The van der Waals surface area contributed by atoms with Gasteiger partial charge in [0.05, 0.1) is 0 Å². The zero-order valence-corrected chi connectivity index (χ0v) is 14.9. The predicted octanol–water partition coefficient (Wildman–Crippen LogP) is 3.79. The maximum atomic E-state index is 12.0. The fourth-order valence-electron chi connectivity index (χ4n) is 2.60. The fraction of sp³-hybridized carbons (Fsp3) is 0.238. The molecule has 5 heteroatoms. The van der Waals surface area contributed by atoms with Gasteiger partial charge in [0.15, 0.2) is 0 Å². The Bertz CT molecular complexity index is 843. The Morgan fingerprint density at radius 2 is 1.65 bits per heavy atom. The van der Waals surface area contributed by atoms with E-state index in [2.05, 4.69) is 0 Å². The Morgan fingerprint density at radius 1 is 1.00 bits per heavy atom. The number of ether oxygens (including phenoxy) is 3. The van der Waals surface area contributed by atoms with E-state index in [0.29, 0.717) is 12.2 Å². The summed E-state index contributed by atoms with van der Waals surface area (Å²) in [4.78, 5) is 24.0. The molecule has 2 aromatic carbocycles. The molecule has 0 atom stereocenters. The zero-order chi connectivity index (χ0) is 18.7. The highest BCUT2D eigenvalue weighted by Gasteiger charge is 2.38. The molecular weight excluding hydrogens is 332 g/mol. The number of aryl methyl sites for hydroxylation is 1. The van der Waals surface area contributed by atoms with Gasteiger partial charge < -0.3 is 14.2 Å². The monoisotopic (exact) mass is 352 g/mol. The van der Waals surface area contributed by atoms with Crippen LogP contribution in [0.3, 0.4) is 0 Å². The molecule has 3 rings (SSSR count). The maximum absolute atomic E-state index is 12.0. The van der Waals surface area contributed by atoms with Crippen molar-refractivity contribution in [1.29, 1.82) is 0 Å². The third-order valence-electron chi connectivity index (χ3n) is 3.86. The van der Waals surface area contributed by atoms with Crippen molar-refractivity contribution in [3.63, 3.8) is 0 Å². The van der Waals surface area contributed by atoms with Gasteiger partial charge in [-0.2, -0.15) is 0 Å².